The average Bonchev–Trinajstić information content (AvgIpc) is 3.12. The molecule has 3 aliphatic rings. The lowest BCUT2D eigenvalue weighted by Gasteiger charge is -2.44. The number of anilines is 1. The van der Waals surface area contributed by atoms with E-state index in [4.69, 9.17) is 42.1 Å². The van der Waals surface area contributed by atoms with Gasteiger partial charge in [0.2, 0.25) is 0 Å². The second-order valence-electron chi connectivity index (χ2n) is 12.6. The van der Waals surface area contributed by atoms with E-state index in [2.05, 4.69) is 4.90 Å². The molecular formula is C38H39Cl2N3O7. The summed E-state index contributed by atoms with van der Waals surface area (Å²) in [6.07, 6.45) is 3.34. The molecule has 12 heteroatoms. The fourth-order valence-electron chi connectivity index (χ4n) is 6.61. The number of hydrogen-bond donors (Lipinski definition) is 0. The van der Waals surface area contributed by atoms with Crippen LogP contribution in [0.15, 0.2) is 85.2 Å². The molecule has 3 fully saturated rings. The zero-order valence-corrected chi connectivity index (χ0v) is 29.4. The number of fused-ring (bicyclic) bond motifs is 3. The number of carbonyl (C=O) groups excluding carboxylic acids is 2. The maximum absolute atomic E-state index is 13.6. The topological polar surface area (TPSA) is 104 Å². The second-order valence-corrected chi connectivity index (χ2v) is 13.4. The minimum atomic E-state index is -0.805. The minimum Gasteiger partial charge on any atom is -0.619 e. The van der Waals surface area contributed by atoms with E-state index in [1.54, 1.807) is 23.1 Å². The van der Waals surface area contributed by atoms with Crippen LogP contribution in [0.5, 0.6) is 11.5 Å². The van der Waals surface area contributed by atoms with Gasteiger partial charge < -0.3 is 24.2 Å². The molecule has 262 valence electrons. The number of para-hydroxylation sites is 1. The molecule has 3 aliphatic heterocycles. The predicted molar refractivity (Wildman–Crippen MR) is 190 cm³/mol. The van der Waals surface area contributed by atoms with Crippen LogP contribution in [0.1, 0.15) is 41.2 Å². The summed E-state index contributed by atoms with van der Waals surface area (Å²) in [6.45, 7) is 3.21. The number of aromatic nitrogens is 1. The van der Waals surface area contributed by atoms with Crippen molar-refractivity contribution in [2.75, 3.05) is 38.8 Å². The smallest absolute Gasteiger partial charge is 0.414 e. The maximum atomic E-state index is 13.6. The van der Waals surface area contributed by atoms with Crippen molar-refractivity contribution in [1.29, 1.82) is 0 Å². The largest absolute Gasteiger partial charge is 0.619 e. The molecule has 4 heterocycles. The van der Waals surface area contributed by atoms with E-state index in [-0.39, 0.29) is 35.1 Å². The highest BCUT2D eigenvalue weighted by atomic mass is 35.5. The van der Waals surface area contributed by atoms with E-state index in [0.29, 0.717) is 39.8 Å². The van der Waals surface area contributed by atoms with Gasteiger partial charge in [-0.15, -0.1) is 0 Å². The number of piperidine rings is 3. The van der Waals surface area contributed by atoms with Crippen molar-refractivity contribution in [3.05, 3.63) is 123 Å². The third-order valence-electron chi connectivity index (χ3n) is 9.35. The van der Waals surface area contributed by atoms with Gasteiger partial charge in [0.1, 0.15) is 22.3 Å². The van der Waals surface area contributed by atoms with Crippen molar-refractivity contribution in [3.8, 4) is 11.5 Å². The number of esters is 1. The van der Waals surface area contributed by atoms with E-state index in [9.17, 15) is 14.8 Å². The quantitative estimate of drug-likeness (QED) is 0.0881. The summed E-state index contributed by atoms with van der Waals surface area (Å²) < 4.78 is 23.5. The maximum Gasteiger partial charge on any atom is 0.414 e. The SMILES string of the molecule is COc1ccc(C(Cc2c(Cl)c[n+]([O-])cc2Cl)OC(=O)Cc2ccc(CN(C(=O)O[C@H]3CN4CCC3CC4)c3ccccc3)cc2)cc1OC. The Labute approximate surface area is 301 Å². The van der Waals surface area contributed by atoms with Crippen LogP contribution in [-0.2, 0) is 33.7 Å². The van der Waals surface area contributed by atoms with Gasteiger partial charge >= 0.3 is 12.1 Å². The standard InChI is InChI=1S/C38H39Cl2N3O7/c1-47-33-13-12-28(19-35(33)48-2)34(20-30-31(39)22-42(46)23-32(30)40)49-37(44)18-25-8-10-26(11-9-25)21-43(29-6-4-3-5-7-29)38(45)50-36-24-41-16-14-27(36)15-17-41/h3-13,19,22-23,27,34,36H,14-18,20-21,24H2,1-2H3/t34?,36-/m0/s1. The predicted octanol–water partition coefficient (Wildman–Crippen LogP) is 6.95. The fourth-order valence-corrected chi connectivity index (χ4v) is 7.21. The Hall–Kier alpha value is -4.51. The van der Waals surface area contributed by atoms with Crippen LogP contribution >= 0.6 is 23.2 Å². The first-order valence-corrected chi connectivity index (χ1v) is 17.3. The van der Waals surface area contributed by atoms with Gasteiger partial charge in [-0.05, 0) is 72.8 Å². The molecule has 7 rings (SSSR count). The Bertz CT molecular complexity index is 1780. The molecule has 2 bridgehead atoms. The molecular weight excluding hydrogens is 681 g/mol. The van der Waals surface area contributed by atoms with Crippen molar-refractivity contribution < 1.29 is 33.3 Å². The van der Waals surface area contributed by atoms with E-state index < -0.39 is 12.1 Å². The Morgan fingerprint density at radius 1 is 0.920 bits per heavy atom. The van der Waals surface area contributed by atoms with Gasteiger partial charge in [-0.25, -0.2) is 4.79 Å². The van der Waals surface area contributed by atoms with Gasteiger partial charge in [-0.1, -0.05) is 71.7 Å². The summed E-state index contributed by atoms with van der Waals surface area (Å²) in [5.74, 6) is 0.897. The number of methoxy groups -OCH3 is 2. The number of carbonyl (C=O) groups is 2. The van der Waals surface area contributed by atoms with Gasteiger partial charge in [0.25, 0.3) is 0 Å². The Morgan fingerprint density at radius 2 is 1.58 bits per heavy atom. The molecule has 0 radical (unpaired) electrons. The number of halogens is 2. The van der Waals surface area contributed by atoms with E-state index in [1.807, 2.05) is 54.6 Å². The number of amides is 1. The lowest BCUT2D eigenvalue weighted by molar-refractivity contribution is -0.605. The molecule has 1 unspecified atom stereocenters. The van der Waals surface area contributed by atoms with Crippen molar-refractivity contribution >= 4 is 41.0 Å². The van der Waals surface area contributed by atoms with Crippen LogP contribution < -0.4 is 19.1 Å². The van der Waals surface area contributed by atoms with Crippen LogP contribution in [-0.4, -0.2) is 56.9 Å². The van der Waals surface area contributed by atoms with E-state index in [1.165, 1.54) is 26.6 Å². The van der Waals surface area contributed by atoms with Crippen molar-refractivity contribution in [3.63, 3.8) is 0 Å². The number of pyridine rings is 1. The molecule has 4 aromatic rings. The molecule has 2 atom stereocenters. The van der Waals surface area contributed by atoms with Crippen LogP contribution in [0.3, 0.4) is 0 Å². The summed E-state index contributed by atoms with van der Waals surface area (Å²) in [4.78, 5) is 31.0. The molecule has 0 N–H and O–H groups in total. The number of hydrogen-bond acceptors (Lipinski definition) is 8. The van der Waals surface area contributed by atoms with Crippen molar-refractivity contribution in [2.24, 2.45) is 5.92 Å². The first kappa shape index (κ1) is 35.3. The Morgan fingerprint density at radius 3 is 2.20 bits per heavy atom. The molecule has 3 saturated heterocycles. The summed E-state index contributed by atoms with van der Waals surface area (Å²) >= 11 is 12.8. The van der Waals surface area contributed by atoms with Crippen LogP contribution in [0.4, 0.5) is 10.5 Å². The van der Waals surface area contributed by atoms with Gasteiger partial charge in [0, 0.05) is 24.2 Å². The third kappa shape index (κ3) is 8.43. The summed E-state index contributed by atoms with van der Waals surface area (Å²) in [7, 11) is 3.05. The molecule has 1 amide bonds. The monoisotopic (exact) mass is 719 g/mol. The zero-order chi connectivity index (χ0) is 35.2. The van der Waals surface area contributed by atoms with Crippen molar-refractivity contribution in [2.45, 2.75) is 44.4 Å². The number of benzene rings is 3. The molecule has 50 heavy (non-hydrogen) atoms. The highest BCUT2D eigenvalue weighted by molar-refractivity contribution is 6.35. The number of rotatable bonds is 12. The summed E-state index contributed by atoms with van der Waals surface area (Å²) in [6, 6.07) is 22.2. The van der Waals surface area contributed by atoms with Gasteiger partial charge in [0.15, 0.2) is 23.9 Å². The summed E-state index contributed by atoms with van der Waals surface area (Å²) in [5.41, 5.74) is 3.45. The lowest BCUT2D eigenvalue weighted by Crippen LogP contribution is -2.53. The van der Waals surface area contributed by atoms with Crippen LogP contribution in [0.25, 0.3) is 0 Å². The van der Waals surface area contributed by atoms with E-state index in [0.717, 1.165) is 49.3 Å². The first-order chi connectivity index (χ1) is 24.2. The minimum absolute atomic E-state index is 0.00903. The van der Waals surface area contributed by atoms with Crippen LogP contribution in [0, 0.1) is 11.1 Å². The van der Waals surface area contributed by atoms with E-state index >= 15 is 0 Å². The molecule has 0 aliphatic carbocycles. The normalized spacial score (nSPS) is 18.6. The molecule has 0 saturated carbocycles. The number of ether oxygens (including phenoxy) is 4. The molecule has 10 nitrogen and oxygen atoms in total. The van der Waals surface area contributed by atoms with Gasteiger partial charge in [-0.3, -0.25) is 14.6 Å². The second kappa shape index (κ2) is 16.0. The van der Waals surface area contributed by atoms with Crippen LogP contribution in [0.2, 0.25) is 10.0 Å². The fraction of sp³-hybridized carbons (Fsp3) is 0.342. The van der Waals surface area contributed by atoms with Gasteiger partial charge in [-0.2, -0.15) is 4.73 Å². The van der Waals surface area contributed by atoms with Gasteiger partial charge in [0.05, 0.1) is 27.2 Å². The Balaban J connectivity index is 1.15. The zero-order valence-electron chi connectivity index (χ0n) is 27.9. The highest BCUT2D eigenvalue weighted by Crippen LogP contribution is 2.35. The Kier molecular flexibility index (Phi) is 11.3. The lowest BCUT2D eigenvalue weighted by atomic mass is 9.86. The van der Waals surface area contributed by atoms with Crippen molar-refractivity contribution in [1.82, 2.24) is 4.90 Å². The molecule has 1 aromatic heterocycles. The average molecular weight is 721 g/mol. The number of nitrogens with zero attached hydrogens (tertiary/aromatic N) is 3. The summed E-state index contributed by atoms with van der Waals surface area (Å²) in [5, 5.41) is 12.2. The first-order valence-electron chi connectivity index (χ1n) is 16.5. The highest BCUT2D eigenvalue weighted by Gasteiger charge is 2.37. The third-order valence-corrected chi connectivity index (χ3v) is 10.0. The molecule has 0 spiro atoms. The molecule has 3 aromatic carbocycles.